The van der Waals surface area contributed by atoms with Crippen molar-refractivity contribution in [2.75, 3.05) is 45.9 Å². The molecule has 116 valence electrons. The van der Waals surface area contributed by atoms with E-state index < -0.39 is 0 Å². The smallest absolute Gasteiger partial charge is 0.320 e. The summed E-state index contributed by atoms with van der Waals surface area (Å²) in [5.41, 5.74) is 0. The molecule has 1 rings (SSSR count). The molecule has 0 aromatic rings. The Labute approximate surface area is 121 Å². The largest absolute Gasteiger partial charge is 0.465 e. The molecule has 1 aliphatic heterocycles. The normalized spacial score (nSPS) is 16.0. The number of piperazine rings is 1. The number of ether oxygens (including phenoxy) is 1. The van der Waals surface area contributed by atoms with Crippen molar-refractivity contribution in [3.8, 4) is 0 Å². The van der Waals surface area contributed by atoms with Crippen molar-refractivity contribution in [3.05, 3.63) is 0 Å². The molecule has 0 aromatic carbocycles. The molecule has 1 heterocycles. The molecule has 2 amide bonds. The Morgan fingerprint density at radius 2 is 1.80 bits per heavy atom. The first kappa shape index (κ1) is 16.8. The first-order valence-corrected chi connectivity index (χ1v) is 7.58. The van der Waals surface area contributed by atoms with Gasteiger partial charge in [0.15, 0.2) is 0 Å². The van der Waals surface area contributed by atoms with Crippen LogP contribution in [0.15, 0.2) is 0 Å². The van der Waals surface area contributed by atoms with Gasteiger partial charge in [-0.1, -0.05) is 19.8 Å². The van der Waals surface area contributed by atoms with Crippen LogP contribution in [0.5, 0.6) is 0 Å². The summed E-state index contributed by atoms with van der Waals surface area (Å²) in [4.78, 5) is 27.1. The van der Waals surface area contributed by atoms with Gasteiger partial charge in [0.05, 0.1) is 13.2 Å². The van der Waals surface area contributed by atoms with Crippen LogP contribution in [0, 0.1) is 0 Å². The molecule has 0 radical (unpaired) electrons. The fourth-order valence-electron chi connectivity index (χ4n) is 2.18. The molecule has 0 spiro atoms. The zero-order valence-corrected chi connectivity index (χ0v) is 12.7. The number of amides is 2. The second kappa shape index (κ2) is 9.58. The van der Waals surface area contributed by atoms with Crippen molar-refractivity contribution in [2.24, 2.45) is 0 Å². The molecule has 1 aliphatic rings. The van der Waals surface area contributed by atoms with E-state index in [1.165, 1.54) is 0 Å². The second-order valence-electron chi connectivity index (χ2n) is 5.01. The maximum atomic E-state index is 11.9. The standard InChI is InChI=1S/C14H27N3O3/c1-3-5-6-7-15-14(19)17-10-8-16(9-11-17)12-13(18)20-4-2/h3-12H2,1-2H3,(H,15,19). The Morgan fingerprint density at radius 1 is 1.10 bits per heavy atom. The highest BCUT2D eigenvalue weighted by atomic mass is 16.5. The van der Waals surface area contributed by atoms with Gasteiger partial charge in [0.1, 0.15) is 0 Å². The molecule has 0 saturated carbocycles. The quantitative estimate of drug-likeness (QED) is 0.561. The molecule has 1 saturated heterocycles. The number of nitrogens with zero attached hydrogens (tertiary/aromatic N) is 2. The van der Waals surface area contributed by atoms with Crippen LogP contribution in [0.3, 0.4) is 0 Å². The van der Waals surface area contributed by atoms with Crippen molar-refractivity contribution in [1.29, 1.82) is 0 Å². The van der Waals surface area contributed by atoms with E-state index in [2.05, 4.69) is 12.2 Å². The molecule has 1 N–H and O–H groups in total. The highest BCUT2D eigenvalue weighted by Gasteiger charge is 2.22. The summed E-state index contributed by atoms with van der Waals surface area (Å²) < 4.78 is 4.92. The molecular formula is C14H27N3O3. The zero-order chi connectivity index (χ0) is 14.8. The summed E-state index contributed by atoms with van der Waals surface area (Å²) in [7, 11) is 0. The molecule has 0 aromatic heterocycles. The van der Waals surface area contributed by atoms with E-state index in [1.54, 1.807) is 6.92 Å². The third-order valence-corrected chi connectivity index (χ3v) is 3.37. The third-order valence-electron chi connectivity index (χ3n) is 3.37. The molecule has 20 heavy (non-hydrogen) atoms. The van der Waals surface area contributed by atoms with Gasteiger partial charge in [-0.05, 0) is 13.3 Å². The second-order valence-corrected chi connectivity index (χ2v) is 5.01. The van der Waals surface area contributed by atoms with Crippen molar-refractivity contribution >= 4 is 12.0 Å². The van der Waals surface area contributed by atoms with Gasteiger partial charge in [-0.25, -0.2) is 4.79 Å². The minimum Gasteiger partial charge on any atom is -0.465 e. The molecule has 6 heteroatoms. The highest BCUT2D eigenvalue weighted by Crippen LogP contribution is 2.02. The van der Waals surface area contributed by atoms with Gasteiger partial charge in [-0.3, -0.25) is 9.69 Å². The Morgan fingerprint density at radius 3 is 2.40 bits per heavy atom. The van der Waals surface area contributed by atoms with Gasteiger partial charge in [0.2, 0.25) is 0 Å². The van der Waals surface area contributed by atoms with E-state index in [4.69, 9.17) is 4.74 Å². The molecule has 0 atom stereocenters. The lowest BCUT2D eigenvalue weighted by molar-refractivity contribution is -0.144. The van der Waals surface area contributed by atoms with E-state index in [0.29, 0.717) is 26.2 Å². The number of urea groups is 1. The third kappa shape index (κ3) is 6.23. The number of unbranched alkanes of at least 4 members (excludes halogenated alkanes) is 2. The summed E-state index contributed by atoms with van der Waals surface area (Å²) in [6.07, 6.45) is 3.33. The fraction of sp³-hybridized carbons (Fsp3) is 0.857. The number of esters is 1. The van der Waals surface area contributed by atoms with Crippen LogP contribution in [-0.2, 0) is 9.53 Å². The molecule has 0 unspecified atom stereocenters. The maximum Gasteiger partial charge on any atom is 0.320 e. The van der Waals surface area contributed by atoms with Crippen LogP contribution in [0.2, 0.25) is 0 Å². The average molecular weight is 285 g/mol. The van der Waals surface area contributed by atoms with E-state index in [9.17, 15) is 9.59 Å². The summed E-state index contributed by atoms with van der Waals surface area (Å²) in [5.74, 6) is -0.190. The molecule has 1 fully saturated rings. The van der Waals surface area contributed by atoms with Crippen LogP contribution in [0.4, 0.5) is 4.79 Å². The van der Waals surface area contributed by atoms with E-state index >= 15 is 0 Å². The van der Waals surface area contributed by atoms with E-state index in [-0.39, 0.29) is 12.0 Å². The number of rotatable bonds is 7. The number of hydrogen-bond acceptors (Lipinski definition) is 4. The monoisotopic (exact) mass is 285 g/mol. The lowest BCUT2D eigenvalue weighted by Crippen LogP contribution is -2.52. The van der Waals surface area contributed by atoms with Crippen LogP contribution in [0.25, 0.3) is 0 Å². The average Bonchev–Trinajstić information content (AvgIpc) is 2.44. The van der Waals surface area contributed by atoms with Gasteiger partial charge in [-0.15, -0.1) is 0 Å². The fourth-order valence-corrected chi connectivity index (χ4v) is 2.18. The Hall–Kier alpha value is -1.30. The number of carbonyl (C=O) groups is 2. The lowest BCUT2D eigenvalue weighted by Gasteiger charge is -2.34. The Kier molecular flexibility index (Phi) is 8.02. The van der Waals surface area contributed by atoms with Crippen LogP contribution < -0.4 is 5.32 Å². The van der Waals surface area contributed by atoms with Gasteiger partial charge in [0.25, 0.3) is 0 Å². The minimum atomic E-state index is -0.190. The minimum absolute atomic E-state index is 0.0110. The van der Waals surface area contributed by atoms with Crippen molar-refractivity contribution in [3.63, 3.8) is 0 Å². The summed E-state index contributed by atoms with van der Waals surface area (Å²) >= 11 is 0. The topological polar surface area (TPSA) is 61.9 Å². The van der Waals surface area contributed by atoms with Crippen LogP contribution >= 0.6 is 0 Å². The molecule has 6 nitrogen and oxygen atoms in total. The van der Waals surface area contributed by atoms with Gasteiger partial charge >= 0.3 is 12.0 Å². The molecule has 0 aliphatic carbocycles. The summed E-state index contributed by atoms with van der Waals surface area (Å²) in [5, 5.41) is 2.94. The SMILES string of the molecule is CCCCCNC(=O)N1CCN(CC(=O)OCC)CC1. The van der Waals surface area contributed by atoms with Gasteiger partial charge < -0.3 is 15.0 Å². The molecule has 0 bridgehead atoms. The maximum absolute atomic E-state index is 11.9. The molecular weight excluding hydrogens is 258 g/mol. The summed E-state index contributed by atoms with van der Waals surface area (Å²) in [6, 6.07) is 0.0110. The van der Waals surface area contributed by atoms with Crippen LogP contribution in [-0.4, -0.2) is 67.7 Å². The first-order chi connectivity index (χ1) is 9.67. The first-order valence-electron chi connectivity index (χ1n) is 7.58. The predicted molar refractivity (Wildman–Crippen MR) is 77.6 cm³/mol. The van der Waals surface area contributed by atoms with Gasteiger partial charge in [0, 0.05) is 32.7 Å². The van der Waals surface area contributed by atoms with Crippen molar-refractivity contribution < 1.29 is 14.3 Å². The number of carbonyl (C=O) groups excluding carboxylic acids is 2. The summed E-state index contributed by atoms with van der Waals surface area (Å²) in [6.45, 7) is 8.21. The van der Waals surface area contributed by atoms with E-state index in [0.717, 1.165) is 38.9 Å². The Balaban J connectivity index is 2.17. The zero-order valence-electron chi connectivity index (χ0n) is 12.7. The number of nitrogens with one attached hydrogen (secondary N) is 1. The van der Waals surface area contributed by atoms with Crippen molar-refractivity contribution in [2.45, 2.75) is 33.1 Å². The lowest BCUT2D eigenvalue weighted by atomic mass is 10.2. The predicted octanol–water partition coefficient (Wildman–Crippen LogP) is 1.07. The van der Waals surface area contributed by atoms with Crippen LogP contribution in [0.1, 0.15) is 33.1 Å². The van der Waals surface area contributed by atoms with Gasteiger partial charge in [-0.2, -0.15) is 0 Å². The number of hydrogen-bond donors (Lipinski definition) is 1. The Bertz CT molecular complexity index is 302. The highest BCUT2D eigenvalue weighted by molar-refractivity contribution is 5.74. The van der Waals surface area contributed by atoms with E-state index in [1.807, 2.05) is 9.80 Å². The van der Waals surface area contributed by atoms with Crippen molar-refractivity contribution in [1.82, 2.24) is 15.1 Å².